The lowest BCUT2D eigenvalue weighted by Crippen LogP contribution is -2.46. The second-order valence-electron chi connectivity index (χ2n) is 14.8. The average molecular weight is 690 g/mol. The number of phenolic OH excluding ortho intramolecular Hbond substituents is 1. The van der Waals surface area contributed by atoms with Crippen LogP contribution in [0, 0.1) is 23.6 Å². The number of anilines is 2. The number of rotatable bonds is 14. The number of unbranched alkanes of at least 4 members (excludes halogenated alkanes) is 2. The highest BCUT2D eigenvalue weighted by Gasteiger charge is 2.34. The summed E-state index contributed by atoms with van der Waals surface area (Å²) in [5.41, 5.74) is 8.94. The SMILES string of the molecule is CCCCCC(C)(COc1nc(N2CCCC(C)(O)C2)c2c(C=N)c(N)c(-c3cc(O)cc4ccc(F)c(CC)c34)c(C)c2n1)CC(F)CC. The van der Waals surface area contributed by atoms with Crippen LogP contribution < -0.4 is 15.4 Å². The lowest BCUT2D eigenvalue weighted by atomic mass is 9.80. The molecule has 2 heterocycles. The van der Waals surface area contributed by atoms with Gasteiger partial charge >= 0.3 is 6.01 Å². The third kappa shape index (κ3) is 7.50. The molecule has 0 spiro atoms. The lowest BCUT2D eigenvalue weighted by Gasteiger charge is -2.38. The normalized spacial score (nSPS) is 18.4. The number of aromatic hydroxyl groups is 1. The average Bonchev–Trinajstić information content (AvgIpc) is 3.07. The number of nitrogens with one attached hydrogen (secondary N) is 1. The number of phenols is 1. The quantitative estimate of drug-likeness (QED) is 0.0590. The zero-order chi connectivity index (χ0) is 36.4. The van der Waals surface area contributed by atoms with E-state index in [0.717, 1.165) is 32.1 Å². The number of fused-ring (bicyclic) bond motifs is 2. The van der Waals surface area contributed by atoms with Crippen LogP contribution in [0.15, 0.2) is 24.3 Å². The summed E-state index contributed by atoms with van der Waals surface area (Å²) in [6, 6.07) is 6.35. The van der Waals surface area contributed by atoms with Crippen LogP contribution in [0.1, 0.15) is 103 Å². The Morgan fingerprint density at radius 3 is 2.60 bits per heavy atom. The highest BCUT2D eigenvalue weighted by atomic mass is 19.1. The van der Waals surface area contributed by atoms with Crippen LogP contribution in [0.25, 0.3) is 32.8 Å². The molecule has 5 N–H and O–H groups in total. The van der Waals surface area contributed by atoms with Crippen molar-refractivity contribution < 1.29 is 23.7 Å². The van der Waals surface area contributed by atoms with Gasteiger partial charge in [0.2, 0.25) is 0 Å². The largest absolute Gasteiger partial charge is 0.508 e. The van der Waals surface area contributed by atoms with E-state index in [2.05, 4.69) is 13.8 Å². The van der Waals surface area contributed by atoms with Gasteiger partial charge in [-0.05, 0) is 98.0 Å². The number of β-amino-alcohol motifs (C(OH)–C–C–N with tert-alkyl or cyclic N) is 1. The van der Waals surface area contributed by atoms with Gasteiger partial charge in [-0.25, -0.2) is 8.78 Å². The number of benzene rings is 3. The summed E-state index contributed by atoms with van der Waals surface area (Å²) in [6.07, 6.45) is 6.67. The van der Waals surface area contributed by atoms with Crippen LogP contribution in [-0.2, 0) is 6.42 Å². The second kappa shape index (κ2) is 15.1. The van der Waals surface area contributed by atoms with E-state index < -0.39 is 17.2 Å². The number of alkyl halides is 1. The number of aliphatic hydroxyl groups is 1. The fourth-order valence-corrected chi connectivity index (χ4v) is 7.72. The maximum Gasteiger partial charge on any atom is 0.318 e. The first-order valence-electron chi connectivity index (χ1n) is 18.1. The van der Waals surface area contributed by atoms with Crippen LogP contribution in [0.2, 0.25) is 0 Å². The van der Waals surface area contributed by atoms with E-state index in [1.165, 1.54) is 12.3 Å². The van der Waals surface area contributed by atoms with Crippen molar-refractivity contribution >= 4 is 39.4 Å². The zero-order valence-electron chi connectivity index (χ0n) is 30.4. The molecule has 3 atom stereocenters. The number of hydrogen-bond acceptors (Lipinski definition) is 8. The van der Waals surface area contributed by atoms with E-state index in [-0.39, 0.29) is 29.9 Å². The first-order valence-corrected chi connectivity index (χ1v) is 18.1. The van der Waals surface area contributed by atoms with Gasteiger partial charge in [0.15, 0.2) is 0 Å². The molecule has 0 saturated carbocycles. The number of aromatic nitrogens is 2. The lowest BCUT2D eigenvalue weighted by molar-refractivity contribution is 0.0447. The molecule has 50 heavy (non-hydrogen) atoms. The Bertz CT molecular complexity index is 1880. The molecule has 0 amide bonds. The van der Waals surface area contributed by atoms with Gasteiger partial charge in [-0.2, -0.15) is 9.97 Å². The zero-order valence-corrected chi connectivity index (χ0v) is 30.4. The van der Waals surface area contributed by atoms with Crippen molar-refractivity contribution in [3.05, 3.63) is 46.8 Å². The Kier molecular flexibility index (Phi) is 11.2. The van der Waals surface area contributed by atoms with Crippen molar-refractivity contribution in [3.8, 4) is 22.9 Å². The molecule has 10 heteroatoms. The minimum Gasteiger partial charge on any atom is -0.508 e. The molecular formula is C40H53F2N5O3. The van der Waals surface area contributed by atoms with Gasteiger partial charge in [0.25, 0.3) is 0 Å². The van der Waals surface area contributed by atoms with Crippen molar-refractivity contribution in [2.75, 3.05) is 30.3 Å². The van der Waals surface area contributed by atoms with Gasteiger partial charge in [-0.3, -0.25) is 0 Å². The van der Waals surface area contributed by atoms with Crippen molar-refractivity contribution in [3.63, 3.8) is 0 Å². The number of nitrogens with zero attached hydrogens (tertiary/aromatic N) is 3. The molecule has 3 aromatic carbocycles. The Hall–Kier alpha value is -4.05. The van der Waals surface area contributed by atoms with Crippen molar-refractivity contribution in [1.29, 1.82) is 5.41 Å². The number of nitrogen functional groups attached to an aromatic ring is 1. The molecule has 5 rings (SSSR count). The molecule has 0 radical (unpaired) electrons. The predicted molar refractivity (Wildman–Crippen MR) is 200 cm³/mol. The highest BCUT2D eigenvalue weighted by molar-refractivity contribution is 6.15. The Morgan fingerprint density at radius 2 is 1.94 bits per heavy atom. The van der Waals surface area contributed by atoms with Gasteiger partial charge in [0.05, 0.1) is 23.1 Å². The first-order chi connectivity index (χ1) is 23.8. The molecule has 4 aromatic rings. The number of piperidine rings is 1. The van der Waals surface area contributed by atoms with Crippen LogP contribution in [0.3, 0.4) is 0 Å². The van der Waals surface area contributed by atoms with Gasteiger partial charge in [0, 0.05) is 41.5 Å². The molecule has 1 fully saturated rings. The summed E-state index contributed by atoms with van der Waals surface area (Å²) in [4.78, 5) is 11.9. The fourth-order valence-electron chi connectivity index (χ4n) is 7.72. The molecular weight excluding hydrogens is 636 g/mol. The smallest absolute Gasteiger partial charge is 0.318 e. The first kappa shape index (κ1) is 37.2. The molecule has 0 aliphatic carbocycles. The van der Waals surface area contributed by atoms with Crippen molar-refractivity contribution in [2.45, 2.75) is 111 Å². The molecule has 8 nitrogen and oxygen atoms in total. The minimum absolute atomic E-state index is 0.0000123. The molecule has 3 unspecified atom stereocenters. The van der Waals surface area contributed by atoms with Gasteiger partial charge in [-0.1, -0.05) is 53.0 Å². The van der Waals surface area contributed by atoms with E-state index in [4.69, 9.17) is 25.8 Å². The monoisotopic (exact) mass is 689 g/mol. The summed E-state index contributed by atoms with van der Waals surface area (Å²) in [7, 11) is 0. The maximum atomic E-state index is 15.3. The summed E-state index contributed by atoms with van der Waals surface area (Å²) in [5.74, 6) is 0.143. The van der Waals surface area contributed by atoms with Crippen LogP contribution in [0.5, 0.6) is 11.8 Å². The number of hydrogen-bond donors (Lipinski definition) is 4. The number of aryl methyl sites for hydroxylation is 2. The van der Waals surface area contributed by atoms with Crippen molar-refractivity contribution in [2.24, 2.45) is 5.41 Å². The molecule has 270 valence electrons. The van der Waals surface area contributed by atoms with E-state index in [9.17, 15) is 14.6 Å². The Morgan fingerprint density at radius 1 is 1.18 bits per heavy atom. The molecule has 1 aliphatic heterocycles. The predicted octanol–water partition coefficient (Wildman–Crippen LogP) is 9.20. The molecule has 1 aliphatic rings. The number of nitrogens with two attached hydrogens (primary N) is 1. The van der Waals surface area contributed by atoms with E-state index >= 15 is 4.39 Å². The second-order valence-corrected chi connectivity index (χ2v) is 14.8. The summed E-state index contributed by atoms with van der Waals surface area (Å²) < 4.78 is 36.5. The highest BCUT2D eigenvalue weighted by Crippen LogP contribution is 2.46. The van der Waals surface area contributed by atoms with Gasteiger partial charge in [-0.15, -0.1) is 0 Å². The van der Waals surface area contributed by atoms with E-state index in [0.29, 0.717) is 94.1 Å². The number of ether oxygens (including phenoxy) is 1. The van der Waals surface area contributed by atoms with E-state index in [1.807, 2.05) is 25.7 Å². The Balaban J connectivity index is 1.77. The fraction of sp³-hybridized carbons (Fsp3) is 0.525. The number of halogens is 2. The summed E-state index contributed by atoms with van der Waals surface area (Å²) in [6.45, 7) is 12.8. The topological polar surface area (TPSA) is 129 Å². The summed E-state index contributed by atoms with van der Waals surface area (Å²) >= 11 is 0. The maximum absolute atomic E-state index is 15.3. The minimum atomic E-state index is -0.961. The molecule has 0 bridgehead atoms. The molecule has 1 saturated heterocycles. The van der Waals surface area contributed by atoms with Crippen LogP contribution >= 0.6 is 0 Å². The van der Waals surface area contributed by atoms with Crippen LogP contribution in [-0.4, -0.2) is 57.9 Å². The third-order valence-electron chi connectivity index (χ3n) is 10.4. The van der Waals surface area contributed by atoms with Crippen molar-refractivity contribution in [1.82, 2.24) is 9.97 Å². The summed E-state index contributed by atoms with van der Waals surface area (Å²) in [5, 5.41) is 32.4. The third-order valence-corrected chi connectivity index (χ3v) is 10.4. The Labute approximate surface area is 294 Å². The van der Waals surface area contributed by atoms with Crippen LogP contribution in [0.4, 0.5) is 20.3 Å². The van der Waals surface area contributed by atoms with Gasteiger partial charge in [0.1, 0.15) is 23.6 Å². The molecule has 1 aromatic heterocycles. The standard InChI is InChI=1S/C40H53F2N5O3/c1-7-10-11-15-39(5,20-26(41)8-2)23-50-38-45-36-24(4)32(29-19-27(48)18-25-13-14-31(42)28(9-3)33(25)29)35(44)30(21-43)34(36)37(46-38)47-17-12-16-40(6,49)22-47/h13-14,18-19,21,26,43,48-49H,7-12,15-17,20,22-23,44H2,1-6H3. The van der Waals surface area contributed by atoms with E-state index in [1.54, 1.807) is 25.1 Å². The van der Waals surface area contributed by atoms with Gasteiger partial charge < -0.3 is 31.0 Å².